The van der Waals surface area contributed by atoms with Crippen LogP contribution in [0.1, 0.15) is 13.3 Å². The fourth-order valence-electron chi connectivity index (χ4n) is 1.47. The molecule has 0 aromatic heterocycles. The number of nitrogens with zero attached hydrogens (tertiary/aromatic N) is 1. The second-order valence-electron chi connectivity index (χ2n) is 3.37. The summed E-state index contributed by atoms with van der Waals surface area (Å²) in [6.07, 6.45) is 0.344. The zero-order chi connectivity index (χ0) is 10.1. The number of nitrogens with two attached hydrogens (primary N) is 1. The molecule has 0 bridgehead atoms. The van der Waals surface area contributed by atoms with Crippen LogP contribution in [0.3, 0.4) is 0 Å². The van der Waals surface area contributed by atoms with Crippen LogP contribution in [0.2, 0.25) is 0 Å². The van der Waals surface area contributed by atoms with Gasteiger partial charge in [0.15, 0.2) is 0 Å². The SMILES string of the molecule is CC1CC(=O)N(c2ccccc2N)O1. The third-order valence-electron chi connectivity index (χ3n) is 2.13. The zero-order valence-corrected chi connectivity index (χ0v) is 7.93. The van der Waals surface area contributed by atoms with Crippen molar-refractivity contribution < 1.29 is 9.63 Å². The van der Waals surface area contributed by atoms with Crippen molar-refractivity contribution in [2.24, 2.45) is 0 Å². The van der Waals surface area contributed by atoms with Gasteiger partial charge in [0.25, 0.3) is 5.91 Å². The first-order valence-electron chi connectivity index (χ1n) is 4.52. The minimum absolute atomic E-state index is 0.0459. The number of amides is 1. The van der Waals surface area contributed by atoms with Gasteiger partial charge in [-0.2, -0.15) is 5.06 Å². The van der Waals surface area contributed by atoms with E-state index in [1.165, 1.54) is 5.06 Å². The highest BCUT2D eigenvalue weighted by Gasteiger charge is 2.30. The van der Waals surface area contributed by atoms with Gasteiger partial charge in [0.05, 0.1) is 23.9 Å². The number of hydrogen-bond acceptors (Lipinski definition) is 3. The monoisotopic (exact) mass is 192 g/mol. The van der Waals surface area contributed by atoms with Crippen molar-refractivity contribution in [2.75, 3.05) is 10.8 Å². The van der Waals surface area contributed by atoms with Gasteiger partial charge in [0, 0.05) is 0 Å². The van der Waals surface area contributed by atoms with Gasteiger partial charge in [0.2, 0.25) is 0 Å². The van der Waals surface area contributed by atoms with E-state index >= 15 is 0 Å². The Hall–Kier alpha value is -1.55. The van der Waals surface area contributed by atoms with E-state index in [1.54, 1.807) is 12.1 Å². The zero-order valence-electron chi connectivity index (χ0n) is 7.93. The molecule has 1 fully saturated rings. The molecule has 2 N–H and O–H groups in total. The van der Waals surface area contributed by atoms with Gasteiger partial charge in [-0.15, -0.1) is 0 Å². The number of carbonyl (C=O) groups is 1. The molecular weight excluding hydrogens is 180 g/mol. The second kappa shape index (κ2) is 3.31. The topological polar surface area (TPSA) is 55.6 Å². The number of rotatable bonds is 1. The van der Waals surface area contributed by atoms with Crippen LogP contribution in [0, 0.1) is 0 Å². The normalized spacial score (nSPS) is 21.6. The first kappa shape index (κ1) is 9.02. The van der Waals surface area contributed by atoms with E-state index in [4.69, 9.17) is 10.6 Å². The standard InChI is InChI=1S/C10H12N2O2/c1-7-6-10(13)12(14-7)9-5-3-2-4-8(9)11/h2-5,7H,6,11H2,1H3. The molecule has 1 atom stereocenters. The molecular formula is C10H12N2O2. The molecule has 4 heteroatoms. The summed E-state index contributed by atoms with van der Waals surface area (Å²) in [5.41, 5.74) is 6.91. The summed E-state index contributed by atoms with van der Waals surface area (Å²) >= 11 is 0. The van der Waals surface area contributed by atoms with E-state index in [9.17, 15) is 4.79 Å². The molecule has 1 aliphatic heterocycles. The highest BCUT2D eigenvalue weighted by atomic mass is 16.7. The summed E-state index contributed by atoms with van der Waals surface area (Å²) in [5.74, 6) is -0.0459. The molecule has 1 saturated heterocycles. The molecule has 4 nitrogen and oxygen atoms in total. The first-order valence-corrected chi connectivity index (χ1v) is 4.52. The maximum atomic E-state index is 11.5. The summed E-state index contributed by atoms with van der Waals surface area (Å²) in [6, 6.07) is 7.16. The first-order chi connectivity index (χ1) is 6.68. The van der Waals surface area contributed by atoms with Crippen molar-refractivity contribution in [1.82, 2.24) is 0 Å². The Morgan fingerprint density at radius 1 is 1.50 bits per heavy atom. The molecule has 74 valence electrons. The van der Waals surface area contributed by atoms with Crippen LogP contribution in [0.4, 0.5) is 11.4 Å². The molecule has 1 amide bonds. The molecule has 1 unspecified atom stereocenters. The third-order valence-corrected chi connectivity index (χ3v) is 2.13. The lowest BCUT2D eigenvalue weighted by atomic mass is 10.2. The van der Waals surface area contributed by atoms with E-state index in [0.717, 1.165) is 0 Å². The van der Waals surface area contributed by atoms with Crippen LogP contribution in [0.15, 0.2) is 24.3 Å². The summed E-state index contributed by atoms with van der Waals surface area (Å²) < 4.78 is 0. The van der Waals surface area contributed by atoms with Crippen molar-refractivity contribution in [3.8, 4) is 0 Å². The van der Waals surface area contributed by atoms with Gasteiger partial charge in [0.1, 0.15) is 0 Å². The molecule has 14 heavy (non-hydrogen) atoms. The number of para-hydroxylation sites is 2. The summed E-state index contributed by atoms with van der Waals surface area (Å²) in [5, 5.41) is 1.28. The summed E-state index contributed by atoms with van der Waals surface area (Å²) in [6.45, 7) is 1.86. The second-order valence-corrected chi connectivity index (χ2v) is 3.37. The van der Waals surface area contributed by atoms with Gasteiger partial charge < -0.3 is 5.73 Å². The number of hydroxylamine groups is 1. The molecule has 0 saturated carbocycles. The number of nitrogen functional groups attached to an aromatic ring is 1. The van der Waals surface area contributed by atoms with Crippen LogP contribution in [0.25, 0.3) is 0 Å². The van der Waals surface area contributed by atoms with E-state index in [2.05, 4.69) is 0 Å². The van der Waals surface area contributed by atoms with E-state index in [0.29, 0.717) is 17.8 Å². The minimum atomic E-state index is -0.0675. The van der Waals surface area contributed by atoms with Crippen LogP contribution in [-0.2, 0) is 9.63 Å². The van der Waals surface area contributed by atoms with Gasteiger partial charge in [-0.3, -0.25) is 9.63 Å². The fourth-order valence-corrected chi connectivity index (χ4v) is 1.47. The average molecular weight is 192 g/mol. The lowest BCUT2D eigenvalue weighted by Gasteiger charge is -2.16. The van der Waals surface area contributed by atoms with E-state index < -0.39 is 0 Å². The molecule has 0 spiro atoms. The van der Waals surface area contributed by atoms with E-state index in [-0.39, 0.29) is 12.0 Å². The van der Waals surface area contributed by atoms with Gasteiger partial charge in [-0.25, -0.2) is 0 Å². The highest BCUT2D eigenvalue weighted by molar-refractivity contribution is 5.95. The largest absolute Gasteiger partial charge is 0.397 e. The number of anilines is 2. The van der Waals surface area contributed by atoms with Crippen LogP contribution < -0.4 is 10.8 Å². The molecule has 2 rings (SSSR count). The minimum Gasteiger partial charge on any atom is -0.397 e. The van der Waals surface area contributed by atoms with Crippen LogP contribution in [0.5, 0.6) is 0 Å². The number of benzene rings is 1. The Bertz CT molecular complexity index is 365. The van der Waals surface area contributed by atoms with Crippen molar-refractivity contribution in [2.45, 2.75) is 19.4 Å². The van der Waals surface area contributed by atoms with E-state index in [1.807, 2.05) is 19.1 Å². The van der Waals surface area contributed by atoms with Crippen molar-refractivity contribution in [3.63, 3.8) is 0 Å². The maximum absolute atomic E-state index is 11.5. The third kappa shape index (κ3) is 1.44. The van der Waals surface area contributed by atoms with Gasteiger partial charge in [-0.05, 0) is 19.1 Å². The Balaban J connectivity index is 2.32. The predicted molar refractivity (Wildman–Crippen MR) is 53.5 cm³/mol. The lowest BCUT2D eigenvalue weighted by molar-refractivity contribution is -0.119. The average Bonchev–Trinajstić information content (AvgIpc) is 2.46. The molecule has 1 aromatic rings. The van der Waals surface area contributed by atoms with Gasteiger partial charge >= 0.3 is 0 Å². The Kier molecular flexibility index (Phi) is 2.13. The van der Waals surface area contributed by atoms with Crippen molar-refractivity contribution >= 4 is 17.3 Å². The quantitative estimate of drug-likeness (QED) is 0.683. The molecule has 1 aromatic carbocycles. The molecule has 1 heterocycles. The highest BCUT2D eigenvalue weighted by Crippen LogP contribution is 2.28. The lowest BCUT2D eigenvalue weighted by Crippen LogP contribution is -2.23. The van der Waals surface area contributed by atoms with Crippen molar-refractivity contribution in [1.29, 1.82) is 0 Å². The van der Waals surface area contributed by atoms with Crippen LogP contribution >= 0.6 is 0 Å². The predicted octanol–water partition coefficient (Wildman–Crippen LogP) is 1.33. The Morgan fingerprint density at radius 3 is 2.79 bits per heavy atom. The summed E-state index contributed by atoms with van der Waals surface area (Å²) in [7, 11) is 0. The van der Waals surface area contributed by atoms with Crippen molar-refractivity contribution in [3.05, 3.63) is 24.3 Å². The maximum Gasteiger partial charge on any atom is 0.253 e. The number of hydrogen-bond donors (Lipinski definition) is 1. The Labute approximate surface area is 82.2 Å². The Morgan fingerprint density at radius 2 is 2.21 bits per heavy atom. The molecule has 0 aliphatic carbocycles. The smallest absolute Gasteiger partial charge is 0.253 e. The number of carbonyl (C=O) groups excluding carboxylic acids is 1. The van der Waals surface area contributed by atoms with Gasteiger partial charge in [-0.1, -0.05) is 12.1 Å². The molecule has 0 radical (unpaired) electrons. The summed E-state index contributed by atoms with van der Waals surface area (Å²) in [4.78, 5) is 16.8. The fraction of sp³-hybridized carbons (Fsp3) is 0.300. The van der Waals surface area contributed by atoms with Crippen LogP contribution in [-0.4, -0.2) is 12.0 Å². The molecule has 1 aliphatic rings.